The maximum absolute atomic E-state index is 14.5. The minimum absolute atomic E-state index is 0.0130. The van der Waals surface area contributed by atoms with Gasteiger partial charge in [-0.1, -0.05) is 56.1 Å². The number of likely N-dealkylation sites (tertiary alicyclic amines) is 1. The number of methoxy groups -OCH3 is 1. The minimum Gasteiger partial charge on any atom is -0.497 e. The summed E-state index contributed by atoms with van der Waals surface area (Å²) in [5, 5.41) is 10.2. The Hall–Kier alpha value is -4.01. The van der Waals surface area contributed by atoms with Crippen molar-refractivity contribution in [2.45, 2.75) is 100 Å². The first kappa shape index (κ1) is 37.3. The molecule has 0 aromatic heterocycles. The topological polar surface area (TPSA) is 173 Å². The molecule has 2 aromatic rings. The predicted octanol–water partition coefficient (Wildman–Crippen LogP) is 3.34. The van der Waals surface area contributed by atoms with Crippen LogP contribution in [0.25, 0.3) is 0 Å². The van der Waals surface area contributed by atoms with Crippen LogP contribution in [0.3, 0.4) is 0 Å². The maximum Gasteiger partial charge on any atom is 0.289 e. The lowest BCUT2D eigenvalue weighted by atomic mass is 9.91. The largest absolute Gasteiger partial charge is 0.497 e. The van der Waals surface area contributed by atoms with Gasteiger partial charge in [-0.2, -0.15) is 4.72 Å². The van der Waals surface area contributed by atoms with Gasteiger partial charge in [-0.3, -0.25) is 19.2 Å². The average Bonchev–Trinajstić information content (AvgIpc) is 3.68. The van der Waals surface area contributed by atoms with Crippen molar-refractivity contribution in [3.8, 4) is 5.75 Å². The predicted molar refractivity (Wildman–Crippen MR) is 186 cm³/mol. The van der Waals surface area contributed by atoms with Crippen LogP contribution in [-0.2, 0) is 34.0 Å². The van der Waals surface area contributed by atoms with E-state index in [4.69, 9.17) is 21.2 Å². The quantitative estimate of drug-likeness (QED) is 0.234. The molecule has 0 bridgehead atoms. The lowest BCUT2D eigenvalue weighted by Crippen LogP contribution is -2.56. The summed E-state index contributed by atoms with van der Waals surface area (Å²) in [4.78, 5) is 61.7. The first-order chi connectivity index (χ1) is 23.7. The molecule has 2 aromatic carbocycles. The van der Waals surface area contributed by atoms with E-state index in [1.807, 2.05) is 26.8 Å². The van der Waals surface area contributed by atoms with E-state index >= 15 is 0 Å². The number of hydrogen-bond acceptors (Lipinski definition) is 9. The smallest absolute Gasteiger partial charge is 0.289 e. The zero-order valence-electron chi connectivity index (χ0n) is 28.6. The highest BCUT2D eigenvalue weighted by molar-refractivity contribution is 7.89. The Kier molecular flexibility index (Phi) is 11.5. The Morgan fingerprint density at radius 2 is 1.82 bits per heavy atom. The molecule has 3 N–H and O–H groups in total. The van der Waals surface area contributed by atoms with E-state index in [-0.39, 0.29) is 49.1 Å². The zero-order valence-corrected chi connectivity index (χ0v) is 30.2. The van der Waals surface area contributed by atoms with Crippen LogP contribution in [0.5, 0.6) is 5.75 Å². The number of halogens is 1. The highest BCUT2D eigenvalue weighted by atomic mass is 35.5. The number of nitrogens with one attached hydrogen (secondary N) is 3. The fourth-order valence-corrected chi connectivity index (χ4v) is 7.69. The van der Waals surface area contributed by atoms with E-state index in [9.17, 15) is 27.6 Å². The molecule has 1 saturated heterocycles. The van der Waals surface area contributed by atoms with Crippen molar-refractivity contribution in [1.29, 1.82) is 0 Å². The van der Waals surface area contributed by atoms with E-state index in [0.717, 1.165) is 18.4 Å². The van der Waals surface area contributed by atoms with E-state index in [0.29, 0.717) is 22.9 Å². The van der Waals surface area contributed by atoms with E-state index < -0.39 is 57.3 Å². The second-order valence-electron chi connectivity index (χ2n) is 13.6. The number of carbonyl (C=O) groups excluding carboxylic acids is 4. The fourth-order valence-electron chi connectivity index (χ4n) is 6.30. The van der Waals surface area contributed by atoms with Crippen molar-refractivity contribution in [2.24, 2.45) is 11.1 Å². The van der Waals surface area contributed by atoms with Gasteiger partial charge in [0.15, 0.2) is 5.60 Å². The van der Waals surface area contributed by atoms with Crippen molar-refractivity contribution in [1.82, 2.24) is 20.3 Å². The molecule has 3 aliphatic rings. The molecule has 3 amide bonds. The zero-order chi connectivity index (χ0) is 36.2. The van der Waals surface area contributed by atoms with Crippen molar-refractivity contribution in [3.05, 3.63) is 59.1 Å². The van der Waals surface area contributed by atoms with E-state index in [1.54, 1.807) is 18.2 Å². The molecule has 2 heterocycles. The molecular weight excluding hydrogens is 686 g/mol. The Morgan fingerprint density at radius 3 is 2.44 bits per heavy atom. The van der Waals surface area contributed by atoms with E-state index in [1.165, 1.54) is 36.3 Å². The van der Waals surface area contributed by atoms with Crippen LogP contribution in [0.15, 0.2) is 58.6 Å². The summed E-state index contributed by atoms with van der Waals surface area (Å²) in [6.07, 6.45) is 2.70. The van der Waals surface area contributed by atoms with Gasteiger partial charge in [0, 0.05) is 29.5 Å². The Balaban J connectivity index is 1.43. The summed E-state index contributed by atoms with van der Waals surface area (Å²) in [5.74, 6) is -2.43. The van der Waals surface area contributed by atoms with Gasteiger partial charge in [0.05, 0.1) is 30.3 Å². The van der Waals surface area contributed by atoms with Crippen LogP contribution in [0.1, 0.15) is 71.3 Å². The molecule has 2 aliphatic heterocycles. The molecule has 0 unspecified atom stereocenters. The van der Waals surface area contributed by atoms with Crippen molar-refractivity contribution >= 4 is 50.8 Å². The minimum atomic E-state index is -4.18. The normalized spacial score (nSPS) is 21.4. The molecule has 15 heteroatoms. The van der Waals surface area contributed by atoms with Crippen LogP contribution >= 0.6 is 11.6 Å². The summed E-state index contributed by atoms with van der Waals surface area (Å²) < 4.78 is 34.8. The number of Topliss-reactive ketones (excluding diaryl/α,β-unsaturated/α-hetero) is 1. The molecule has 2 fully saturated rings. The van der Waals surface area contributed by atoms with Gasteiger partial charge in [-0.05, 0) is 68.0 Å². The highest BCUT2D eigenvalue weighted by Gasteiger charge is 2.55. The Morgan fingerprint density at radius 1 is 1.10 bits per heavy atom. The van der Waals surface area contributed by atoms with Crippen molar-refractivity contribution in [3.63, 3.8) is 0 Å². The van der Waals surface area contributed by atoms with Gasteiger partial charge in [-0.25, -0.2) is 8.42 Å². The standard InChI is InChI=1S/C35H44ClN5O8S/c1-5-7-27(31(42)33(44)37-24-10-11-24)38-32(43)30-19-35(18-29(39-49-35)22-8-6-9-23(36)17-22)20-41(30)34(45)28(16-21(2)3)40-50(46,47)26-14-12-25(48-4)13-15-26/h6,8-9,12-15,17,21,24,27-28,30,40H,5,7,10-11,16,18-20H2,1-4H3,(H,37,44)(H,38,43)/t27-,28-,30-,35+/m0/s1. The number of benzene rings is 2. The van der Waals surface area contributed by atoms with Crippen LogP contribution in [0.4, 0.5) is 0 Å². The van der Waals surface area contributed by atoms with Crippen LogP contribution in [0.2, 0.25) is 5.02 Å². The molecule has 13 nitrogen and oxygen atoms in total. The molecular formula is C35H44ClN5O8S. The van der Waals surface area contributed by atoms with Gasteiger partial charge in [-0.15, -0.1) is 0 Å². The van der Waals surface area contributed by atoms with Crippen molar-refractivity contribution < 1.29 is 37.2 Å². The maximum atomic E-state index is 14.5. The number of amides is 3. The number of carbonyl (C=O) groups is 4. The lowest BCUT2D eigenvalue weighted by Gasteiger charge is -2.30. The number of rotatable bonds is 15. The second-order valence-corrected chi connectivity index (χ2v) is 15.8. The van der Waals surface area contributed by atoms with E-state index in [2.05, 4.69) is 20.5 Å². The molecule has 50 heavy (non-hydrogen) atoms. The molecule has 1 spiro atoms. The van der Waals surface area contributed by atoms with Crippen LogP contribution < -0.4 is 20.1 Å². The SMILES string of the molecule is CCC[C@H](NC(=O)[C@@H]1C[C@]2(CC(c3cccc(Cl)c3)=NO2)CN1C(=O)[C@H](CC(C)C)NS(=O)(=O)c1ccc(OC)cc1)C(=O)C(=O)NC1CC1. The van der Waals surface area contributed by atoms with Gasteiger partial charge >= 0.3 is 0 Å². The third-order valence-corrected chi connectivity index (χ3v) is 10.7. The Bertz CT molecular complexity index is 1750. The molecule has 1 saturated carbocycles. The highest BCUT2D eigenvalue weighted by Crippen LogP contribution is 2.40. The number of sulfonamides is 1. The number of nitrogens with zero attached hydrogens (tertiary/aromatic N) is 2. The number of ether oxygens (including phenoxy) is 1. The molecule has 4 atom stereocenters. The number of ketones is 1. The molecule has 270 valence electrons. The fraction of sp³-hybridized carbons (Fsp3) is 0.514. The lowest BCUT2D eigenvalue weighted by molar-refractivity contribution is -0.143. The average molecular weight is 730 g/mol. The van der Waals surface area contributed by atoms with Gasteiger partial charge in [0.25, 0.3) is 5.91 Å². The van der Waals surface area contributed by atoms with Gasteiger partial charge in [0.1, 0.15) is 17.8 Å². The van der Waals surface area contributed by atoms with Gasteiger partial charge < -0.3 is 25.1 Å². The van der Waals surface area contributed by atoms with Crippen molar-refractivity contribution in [2.75, 3.05) is 13.7 Å². The Labute approximate surface area is 297 Å². The first-order valence-electron chi connectivity index (χ1n) is 16.9. The number of hydrogen-bond donors (Lipinski definition) is 3. The summed E-state index contributed by atoms with van der Waals surface area (Å²) >= 11 is 6.23. The van der Waals surface area contributed by atoms with Crippen LogP contribution in [-0.4, -0.2) is 86.0 Å². The third kappa shape index (κ3) is 8.82. The molecule has 5 rings (SSSR count). The summed E-state index contributed by atoms with van der Waals surface area (Å²) in [6.45, 7) is 5.47. The third-order valence-electron chi connectivity index (χ3n) is 9.00. The molecule has 0 radical (unpaired) electrons. The summed E-state index contributed by atoms with van der Waals surface area (Å²) in [7, 11) is -2.71. The van der Waals surface area contributed by atoms with Crippen LogP contribution in [0, 0.1) is 5.92 Å². The first-order valence-corrected chi connectivity index (χ1v) is 18.7. The summed E-state index contributed by atoms with van der Waals surface area (Å²) in [5.41, 5.74) is 0.191. The molecule has 1 aliphatic carbocycles. The van der Waals surface area contributed by atoms with Gasteiger partial charge in [0.2, 0.25) is 27.6 Å². The second kappa shape index (κ2) is 15.5. The number of oxime groups is 1. The summed E-state index contributed by atoms with van der Waals surface area (Å²) in [6, 6.07) is 9.31. The monoisotopic (exact) mass is 729 g/mol.